The van der Waals surface area contributed by atoms with Crippen molar-refractivity contribution in [1.29, 1.82) is 0 Å². The fraction of sp³-hybridized carbons (Fsp3) is 0.543. The highest BCUT2D eigenvalue weighted by Gasteiger charge is 2.35. The molecule has 6 heterocycles. The highest BCUT2D eigenvalue weighted by atomic mass is 35.5. The molecule has 2 saturated heterocycles. The Kier molecular flexibility index (Phi) is 14.1. The Hall–Kier alpha value is -3.46. The molecule has 0 radical (unpaired) electrons. The molecule has 2 atom stereocenters. The number of rotatable bonds is 6. The van der Waals surface area contributed by atoms with Crippen molar-refractivity contribution in [2.45, 2.75) is 103 Å². The number of carbonyl (C=O) groups is 2. The van der Waals surface area contributed by atoms with Crippen LogP contribution in [0.3, 0.4) is 0 Å². The molecule has 4 aromatic rings. The molecule has 2 amide bonds. The van der Waals surface area contributed by atoms with Crippen LogP contribution < -0.4 is 10.5 Å². The van der Waals surface area contributed by atoms with Crippen molar-refractivity contribution in [2.75, 3.05) is 25.9 Å². The Labute approximate surface area is 317 Å². The van der Waals surface area contributed by atoms with Gasteiger partial charge in [-0.15, -0.1) is 11.3 Å². The largest absolute Gasteiger partial charge is 0.487 e. The maximum Gasteiger partial charge on any atom is 0.410 e. The first-order valence-electron chi connectivity index (χ1n) is 16.9. The number of nitrogen functional groups attached to an aromatic ring is 1. The maximum absolute atomic E-state index is 12.4. The van der Waals surface area contributed by atoms with Crippen LogP contribution >= 0.6 is 45.9 Å². The summed E-state index contributed by atoms with van der Waals surface area (Å²) >= 11 is 14.6. The summed E-state index contributed by atoms with van der Waals surface area (Å²) in [7, 11) is 1.63. The van der Waals surface area contributed by atoms with Crippen LogP contribution in [0.5, 0.6) is 5.06 Å². The fourth-order valence-electron chi connectivity index (χ4n) is 5.60. The van der Waals surface area contributed by atoms with Gasteiger partial charge in [-0.05, 0) is 110 Å². The van der Waals surface area contributed by atoms with E-state index in [0.717, 1.165) is 75.9 Å². The number of aryl methyl sites for hydroxylation is 2. The number of likely N-dealkylation sites (tertiary alicyclic amines) is 2. The zero-order valence-electron chi connectivity index (χ0n) is 30.3. The molecule has 2 aliphatic heterocycles. The van der Waals surface area contributed by atoms with Crippen LogP contribution in [0.15, 0.2) is 36.4 Å². The molecule has 51 heavy (non-hydrogen) atoms. The zero-order valence-corrected chi connectivity index (χ0v) is 33.4. The normalized spacial score (nSPS) is 17.4. The molecule has 6 rings (SSSR count). The van der Waals surface area contributed by atoms with Gasteiger partial charge in [-0.1, -0.05) is 34.5 Å². The van der Waals surface area contributed by atoms with Crippen LogP contribution in [0.1, 0.15) is 101 Å². The summed E-state index contributed by atoms with van der Waals surface area (Å²) < 4.78 is 17.4. The van der Waals surface area contributed by atoms with E-state index in [2.05, 4.69) is 32.5 Å². The second kappa shape index (κ2) is 17.8. The van der Waals surface area contributed by atoms with Crippen molar-refractivity contribution in [1.82, 2.24) is 30.2 Å². The summed E-state index contributed by atoms with van der Waals surface area (Å²) in [5, 5.41) is 15.2. The Morgan fingerprint density at radius 2 is 1.43 bits per heavy atom. The number of carbonyl (C=O) groups excluding carboxylic acids is 2. The molecule has 0 aliphatic carbocycles. The molecule has 0 aromatic carbocycles. The van der Waals surface area contributed by atoms with E-state index in [4.69, 9.17) is 43.1 Å². The number of anilines is 1. The number of aromatic amines is 2. The molecule has 280 valence electrons. The number of nitrogens with one attached hydrogen (secondary N) is 2. The van der Waals surface area contributed by atoms with Crippen LogP contribution in [0.4, 0.5) is 15.4 Å². The third-order valence-corrected chi connectivity index (χ3v) is 10.2. The molecular weight excluding hydrogens is 733 g/mol. The summed E-state index contributed by atoms with van der Waals surface area (Å²) in [4.78, 5) is 29.3. The number of aromatic nitrogens is 4. The van der Waals surface area contributed by atoms with Gasteiger partial charge in [-0.3, -0.25) is 20.0 Å². The van der Waals surface area contributed by atoms with Gasteiger partial charge < -0.3 is 19.9 Å². The van der Waals surface area contributed by atoms with Gasteiger partial charge in [0.15, 0.2) is 5.06 Å². The first kappa shape index (κ1) is 40.3. The first-order chi connectivity index (χ1) is 24.0. The monoisotopic (exact) mass is 781 g/mol. The summed E-state index contributed by atoms with van der Waals surface area (Å²) in [6.45, 7) is 12.7. The van der Waals surface area contributed by atoms with Gasteiger partial charge in [-0.25, -0.2) is 9.59 Å². The molecule has 2 aliphatic rings. The van der Waals surface area contributed by atoms with Crippen LogP contribution in [-0.2, 0) is 22.3 Å². The number of nitrogens with zero attached hydrogens (tertiary/aromatic N) is 4. The van der Waals surface area contributed by atoms with Crippen molar-refractivity contribution < 1.29 is 23.8 Å². The van der Waals surface area contributed by atoms with E-state index in [1.165, 1.54) is 16.2 Å². The number of thiophene rings is 2. The van der Waals surface area contributed by atoms with Crippen LogP contribution in [0.25, 0.3) is 0 Å². The summed E-state index contributed by atoms with van der Waals surface area (Å²) in [6.07, 6.45) is 5.03. The Morgan fingerprint density at radius 1 is 0.843 bits per heavy atom. The average molecular weight is 783 g/mol. The van der Waals surface area contributed by atoms with Crippen LogP contribution in [0, 0.1) is 0 Å². The van der Waals surface area contributed by atoms with Crippen molar-refractivity contribution in [3.8, 4) is 5.06 Å². The summed E-state index contributed by atoms with van der Waals surface area (Å²) in [5.74, 6) is 0.445. The van der Waals surface area contributed by atoms with Gasteiger partial charge in [0.2, 0.25) is 0 Å². The minimum Gasteiger partial charge on any atom is -0.487 e. The molecular formula is C35H49Cl2N7O5S2. The minimum atomic E-state index is -0.483. The smallest absolute Gasteiger partial charge is 0.410 e. The van der Waals surface area contributed by atoms with Crippen LogP contribution in [0.2, 0.25) is 8.67 Å². The lowest BCUT2D eigenvalue weighted by Gasteiger charge is -2.28. The van der Waals surface area contributed by atoms with E-state index in [9.17, 15) is 9.59 Å². The lowest BCUT2D eigenvalue weighted by molar-refractivity contribution is 0.0211. The Balaban J connectivity index is 0.000000194. The summed E-state index contributed by atoms with van der Waals surface area (Å²) in [5.41, 5.74) is 7.50. The topological polar surface area (TPSA) is 152 Å². The second-order valence-corrected chi connectivity index (χ2v) is 17.7. The lowest BCUT2D eigenvalue weighted by atomic mass is 10.1. The first-order valence-corrected chi connectivity index (χ1v) is 19.3. The van der Waals surface area contributed by atoms with E-state index < -0.39 is 11.2 Å². The fourth-order valence-corrected chi connectivity index (χ4v) is 7.52. The number of halogens is 2. The van der Waals surface area contributed by atoms with E-state index in [1.54, 1.807) is 34.3 Å². The van der Waals surface area contributed by atoms with Gasteiger partial charge in [0.05, 0.1) is 39.3 Å². The third-order valence-electron chi connectivity index (χ3n) is 7.75. The van der Waals surface area contributed by atoms with Gasteiger partial charge in [-0.2, -0.15) is 10.2 Å². The molecule has 16 heteroatoms. The van der Waals surface area contributed by atoms with Crippen molar-refractivity contribution in [2.24, 2.45) is 0 Å². The number of hydrogen-bond acceptors (Lipinski definition) is 10. The molecule has 4 aromatic heterocycles. The summed E-state index contributed by atoms with van der Waals surface area (Å²) in [6, 6.07) is 11.5. The number of methoxy groups -OCH3 is 1. The number of hydrogen-bond donors (Lipinski definition) is 3. The average Bonchev–Trinajstić information content (AvgIpc) is 3.88. The van der Waals surface area contributed by atoms with E-state index >= 15 is 0 Å². The van der Waals surface area contributed by atoms with Gasteiger partial charge in [0, 0.05) is 29.7 Å². The van der Waals surface area contributed by atoms with Crippen molar-refractivity contribution in [3.63, 3.8) is 0 Å². The molecule has 2 fully saturated rings. The minimum absolute atomic E-state index is 0.00367. The molecule has 12 nitrogen and oxygen atoms in total. The van der Waals surface area contributed by atoms with E-state index in [-0.39, 0.29) is 24.3 Å². The van der Waals surface area contributed by atoms with Crippen molar-refractivity contribution >= 4 is 63.9 Å². The van der Waals surface area contributed by atoms with Gasteiger partial charge >= 0.3 is 12.2 Å². The zero-order chi connectivity index (χ0) is 37.3. The molecule has 0 bridgehead atoms. The maximum atomic E-state index is 12.4. The van der Waals surface area contributed by atoms with E-state index in [1.807, 2.05) is 59.7 Å². The molecule has 0 saturated carbocycles. The molecule has 4 N–H and O–H groups in total. The third kappa shape index (κ3) is 12.6. The Morgan fingerprint density at radius 3 is 1.92 bits per heavy atom. The van der Waals surface area contributed by atoms with Crippen molar-refractivity contribution in [3.05, 3.63) is 67.0 Å². The number of H-pyrrole nitrogens is 2. The lowest BCUT2D eigenvalue weighted by Crippen LogP contribution is -2.36. The van der Waals surface area contributed by atoms with Gasteiger partial charge in [0.1, 0.15) is 17.0 Å². The van der Waals surface area contributed by atoms with Gasteiger partial charge in [0.25, 0.3) is 0 Å². The van der Waals surface area contributed by atoms with E-state index in [0.29, 0.717) is 12.4 Å². The Bertz CT molecular complexity index is 1710. The SMILES string of the molecule is CC(C)(C)OC(=O)N1CCCC1c1cc(CCc2ccc(Cl)s2)[nH]n1.CC(C)(C)OC(=O)N1CCCC1c1cc(N)n[nH]1.COc1ccc(Cl)s1. The quantitative estimate of drug-likeness (QED) is 0.175. The highest BCUT2D eigenvalue weighted by Crippen LogP contribution is 2.34. The highest BCUT2D eigenvalue weighted by molar-refractivity contribution is 7.17. The molecule has 0 spiro atoms. The second-order valence-electron chi connectivity index (χ2n) is 14.2. The number of nitrogens with two attached hydrogens (primary N) is 1. The number of amides is 2. The van der Waals surface area contributed by atoms with Crippen LogP contribution in [-0.4, -0.2) is 73.8 Å². The number of ether oxygens (including phenoxy) is 3. The standard InChI is InChI=1S/C18H24ClN3O2S.C12H20N4O2.C5H5ClOS/c1-18(2,3)24-17(23)22-10-4-5-15(22)14-11-12(20-21-14)6-7-13-8-9-16(19)25-13;1-12(2,3)18-11(17)16-6-4-5-9(16)8-7-10(13)15-14-8;1-7-5-3-2-4(6)8-5/h8-9,11,15H,4-7,10H2,1-3H3,(H,20,21);7,9H,4-6H2,1-3H3,(H3,13,14,15);2-3H,1H3. The predicted molar refractivity (Wildman–Crippen MR) is 204 cm³/mol. The molecule has 2 unspecified atom stereocenters. The predicted octanol–water partition coefficient (Wildman–Crippen LogP) is 9.46.